The number of aryl methyl sites for hydroxylation is 2. The summed E-state index contributed by atoms with van der Waals surface area (Å²) in [4.78, 5) is 23.3. The number of hydrogen-bond donors (Lipinski definition) is 1. The Kier molecular flexibility index (Phi) is 3.74. The molecule has 2 aliphatic carbocycles. The van der Waals surface area contributed by atoms with Gasteiger partial charge in [0.2, 0.25) is 0 Å². The van der Waals surface area contributed by atoms with Crippen LogP contribution < -0.4 is 0 Å². The van der Waals surface area contributed by atoms with Crippen molar-refractivity contribution in [2.45, 2.75) is 64.1 Å². The molecule has 142 valence electrons. The zero-order valence-electron chi connectivity index (χ0n) is 15.9. The number of amides is 1. The third-order valence-electron chi connectivity index (χ3n) is 5.79. The molecule has 1 aromatic heterocycles. The lowest BCUT2D eigenvalue weighted by Gasteiger charge is -2.29. The van der Waals surface area contributed by atoms with Gasteiger partial charge in [-0.25, -0.2) is 9.78 Å². The van der Waals surface area contributed by atoms with Crippen LogP contribution in [0.2, 0.25) is 0 Å². The van der Waals surface area contributed by atoms with E-state index >= 15 is 0 Å². The molecule has 1 N–H and O–H groups in total. The van der Waals surface area contributed by atoms with Crippen LogP contribution >= 0.6 is 15.9 Å². The van der Waals surface area contributed by atoms with E-state index in [4.69, 9.17) is 9.72 Å². The zero-order valence-corrected chi connectivity index (χ0v) is 17.5. The van der Waals surface area contributed by atoms with Crippen LogP contribution in [0.1, 0.15) is 56.7 Å². The van der Waals surface area contributed by atoms with Crippen LogP contribution in [0.3, 0.4) is 0 Å². The van der Waals surface area contributed by atoms with E-state index in [2.05, 4.69) is 39.1 Å². The summed E-state index contributed by atoms with van der Waals surface area (Å²) in [5.41, 5.74) is 4.28. The van der Waals surface area contributed by atoms with Crippen molar-refractivity contribution in [3.63, 3.8) is 0 Å². The summed E-state index contributed by atoms with van der Waals surface area (Å²) in [6.45, 7) is 5.75. The van der Waals surface area contributed by atoms with Gasteiger partial charge in [0.05, 0.1) is 11.7 Å². The first-order valence-corrected chi connectivity index (χ1v) is 10.5. The van der Waals surface area contributed by atoms with Crippen LogP contribution in [-0.4, -0.2) is 32.6 Å². The number of aromatic amines is 1. The monoisotopic (exact) mass is 429 g/mol. The van der Waals surface area contributed by atoms with Gasteiger partial charge in [0.15, 0.2) is 0 Å². The highest BCUT2D eigenvalue weighted by molar-refractivity contribution is 9.10. The molecule has 0 bridgehead atoms. The van der Waals surface area contributed by atoms with Gasteiger partial charge in [0.25, 0.3) is 0 Å². The number of aromatic nitrogens is 2. The van der Waals surface area contributed by atoms with Crippen LogP contribution in [0.15, 0.2) is 22.7 Å². The Labute approximate surface area is 167 Å². The third-order valence-corrected chi connectivity index (χ3v) is 6.28. The highest BCUT2D eigenvalue weighted by Crippen LogP contribution is 2.53. The maximum atomic E-state index is 12.8. The van der Waals surface area contributed by atoms with Crippen molar-refractivity contribution in [2.75, 3.05) is 0 Å². The van der Waals surface area contributed by atoms with Crippen molar-refractivity contribution < 1.29 is 9.53 Å². The number of nitrogens with zero attached hydrogens (tertiary/aromatic N) is 2. The van der Waals surface area contributed by atoms with Crippen molar-refractivity contribution >= 4 is 22.0 Å². The number of carbonyl (C=O) groups is 1. The molecule has 1 saturated carbocycles. The summed E-state index contributed by atoms with van der Waals surface area (Å²) in [5, 5.41) is 0. The summed E-state index contributed by atoms with van der Waals surface area (Å²) in [6.07, 6.45) is 3.82. The van der Waals surface area contributed by atoms with E-state index in [0.29, 0.717) is 12.0 Å². The van der Waals surface area contributed by atoms with Gasteiger partial charge >= 0.3 is 6.09 Å². The number of likely N-dealkylation sites (tertiary alicyclic amines) is 1. The maximum Gasteiger partial charge on any atom is 0.411 e. The highest BCUT2D eigenvalue weighted by atomic mass is 79.9. The van der Waals surface area contributed by atoms with E-state index in [0.717, 1.165) is 41.7 Å². The number of nitrogens with one attached hydrogen (secondary N) is 1. The van der Waals surface area contributed by atoms with Gasteiger partial charge in [0.1, 0.15) is 11.4 Å². The first-order chi connectivity index (χ1) is 12.8. The first-order valence-electron chi connectivity index (χ1n) is 9.69. The number of hydrogen-bond acceptors (Lipinski definition) is 3. The lowest BCUT2D eigenvalue weighted by molar-refractivity contribution is 0.0175. The average molecular weight is 430 g/mol. The van der Waals surface area contributed by atoms with E-state index in [9.17, 15) is 4.79 Å². The van der Waals surface area contributed by atoms with Gasteiger partial charge < -0.3 is 9.72 Å². The quantitative estimate of drug-likeness (QED) is 0.692. The van der Waals surface area contributed by atoms with Crippen LogP contribution in [0.5, 0.6) is 0 Å². The van der Waals surface area contributed by atoms with Gasteiger partial charge in [0, 0.05) is 21.8 Å². The summed E-state index contributed by atoms with van der Waals surface area (Å²) in [7, 11) is 0. The number of halogens is 1. The number of carbonyl (C=O) groups excluding carboxylic acids is 1. The molecule has 1 aromatic carbocycles. The Morgan fingerprint density at radius 3 is 2.89 bits per heavy atom. The van der Waals surface area contributed by atoms with Crippen molar-refractivity contribution in [3.05, 3.63) is 39.8 Å². The minimum Gasteiger partial charge on any atom is -0.444 e. The standard InChI is InChI=1S/C21H24BrN3O2/c1-21(2,3)27-20(26)25-16-9-12(16)10-17(25)19-23-15-7-4-11-8-13(22)5-6-14(11)18(15)24-19/h5-6,8,12,16-17H,4,7,9-10H2,1-3H3,(H,23,24). The maximum absolute atomic E-state index is 12.8. The van der Waals surface area contributed by atoms with Crippen molar-refractivity contribution in [3.8, 4) is 11.3 Å². The number of piperidine rings is 1. The third kappa shape index (κ3) is 2.98. The van der Waals surface area contributed by atoms with Crippen molar-refractivity contribution in [1.82, 2.24) is 14.9 Å². The topological polar surface area (TPSA) is 58.2 Å². The molecule has 1 amide bonds. The summed E-state index contributed by atoms with van der Waals surface area (Å²) in [5.74, 6) is 1.50. The van der Waals surface area contributed by atoms with Crippen LogP contribution in [0.25, 0.3) is 11.3 Å². The molecule has 1 aliphatic heterocycles. The first kappa shape index (κ1) is 17.3. The minimum absolute atomic E-state index is 0.00639. The van der Waals surface area contributed by atoms with E-state index in [1.54, 1.807) is 0 Å². The van der Waals surface area contributed by atoms with Crippen LogP contribution in [-0.2, 0) is 17.6 Å². The molecule has 0 spiro atoms. The van der Waals surface area contributed by atoms with Gasteiger partial charge in [-0.3, -0.25) is 4.90 Å². The number of fused-ring (bicyclic) bond motifs is 4. The molecule has 0 radical (unpaired) electrons. The predicted molar refractivity (Wildman–Crippen MR) is 106 cm³/mol. The number of rotatable bonds is 1. The van der Waals surface area contributed by atoms with Crippen LogP contribution in [0.4, 0.5) is 4.79 Å². The average Bonchev–Trinajstić information content (AvgIpc) is 3.03. The van der Waals surface area contributed by atoms with Crippen molar-refractivity contribution in [1.29, 1.82) is 0 Å². The number of H-pyrrole nitrogens is 1. The molecule has 2 aromatic rings. The van der Waals surface area contributed by atoms with Gasteiger partial charge in [-0.05, 0) is 70.1 Å². The van der Waals surface area contributed by atoms with Gasteiger partial charge in [-0.2, -0.15) is 0 Å². The number of ether oxygens (including phenoxy) is 1. The predicted octanol–water partition coefficient (Wildman–Crippen LogP) is 5.01. The molecule has 6 heteroatoms. The lowest BCUT2D eigenvalue weighted by atomic mass is 9.92. The van der Waals surface area contributed by atoms with E-state index in [1.165, 1.54) is 16.8 Å². The largest absolute Gasteiger partial charge is 0.444 e. The number of benzene rings is 1. The second kappa shape index (κ2) is 5.84. The molecule has 1 saturated heterocycles. The van der Waals surface area contributed by atoms with Crippen LogP contribution in [0, 0.1) is 5.92 Å². The van der Waals surface area contributed by atoms with E-state index in [-0.39, 0.29) is 12.1 Å². The smallest absolute Gasteiger partial charge is 0.411 e. The molecule has 2 heterocycles. The summed E-state index contributed by atoms with van der Waals surface area (Å²) in [6, 6.07) is 6.70. The Bertz CT molecular complexity index is 930. The Morgan fingerprint density at radius 1 is 1.30 bits per heavy atom. The fourth-order valence-corrected chi connectivity index (χ4v) is 4.94. The van der Waals surface area contributed by atoms with E-state index < -0.39 is 5.60 Å². The number of imidazole rings is 1. The lowest BCUT2D eigenvalue weighted by Crippen LogP contribution is -2.38. The molecule has 3 aliphatic rings. The molecule has 2 fully saturated rings. The fourth-order valence-electron chi connectivity index (χ4n) is 4.53. The molecular formula is C21H24BrN3O2. The second-order valence-electron chi connectivity index (χ2n) is 8.95. The Morgan fingerprint density at radius 2 is 2.11 bits per heavy atom. The fraction of sp³-hybridized carbons (Fsp3) is 0.524. The Balaban J connectivity index is 1.47. The molecule has 27 heavy (non-hydrogen) atoms. The molecular weight excluding hydrogens is 406 g/mol. The highest BCUT2D eigenvalue weighted by Gasteiger charge is 2.56. The molecule has 3 atom stereocenters. The normalized spacial score (nSPS) is 25.6. The second-order valence-corrected chi connectivity index (χ2v) is 9.87. The zero-order chi connectivity index (χ0) is 18.9. The van der Waals surface area contributed by atoms with Gasteiger partial charge in [-0.15, -0.1) is 0 Å². The van der Waals surface area contributed by atoms with Gasteiger partial charge in [-0.1, -0.05) is 22.0 Å². The van der Waals surface area contributed by atoms with E-state index in [1.807, 2.05) is 25.7 Å². The molecule has 5 rings (SSSR count). The summed E-state index contributed by atoms with van der Waals surface area (Å²) < 4.78 is 6.79. The minimum atomic E-state index is -0.483. The molecule has 3 unspecified atom stereocenters. The summed E-state index contributed by atoms with van der Waals surface area (Å²) >= 11 is 3.56. The SMILES string of the molecule is CC(C)(C)OC(=O)N1C(c2nc3c([nH]2)CCc2cc(Br)ccc2-3)CC2CC21. The van der Waals surface area contributed by atoms with Crippen molar-refractivity contribution in [2.24, 2.45) is 5.92 Å². The molecule has 5 nitrogen and oxygen atoms in total. The Hall–Kier alpha value is -1.82.